The van der Waals surface area contributed by atoms with E-state index >= 15 is 0 Å². The molecule has 5 heteroatoms. The van der Waals surface area contributed by atoms with Crippen molar-refractivity contribution in [1.82, 2.24) is 0 Å². The van der Waals surface area contributed by atoms with E-state index in [0.717, 1.165) is 4.90 Å². The molecule has 0 spiro atoms. The highest BCUT2D eigenvalue weighted by molar-refractivity contribution is 7.99. The highest BCUT2D eigenvalue weighted by Gasteiger charge is 2.19. The molecule has 0 amide bonds. The van der Waals surface area contributed by atoms with Crippen molar-refractivity contribution < 1.29 is 13.5 Å². The van der Waals surface area contributed by atoms with E-state index < -0.39 is 15.9 Å². The summed E-state index contributed by atoms with van der Waals surface area (Å²) in [7, 11) is -3.43. The second-order valence-corrected chi connectivity index (χ2v) is 8.00. The second kappa shape index (κ2) is 7.11. The molecule has 0 saturated carbocycles. The zero-order valence-electron chi connectivity index (χ0n) is 11.8. The predicted molar refractivity (Wildman–Crippen MR) is 86.4 cm³/mol. The number of thioether (sulfide) groups is 1. The van der Waals surface area contributed by atoms with Gasteiger partial charge in [0.1, 0.15) is 0 Å². The van der Waals surface area contributed by atoms with Crippen molar-refractivity contribution in [2.24, 2.45) is 0 Å². The number of hydrogen-bond acceptors (Lipinski definition) is 4. The lowest BCUT2D eigenvalue weighted by molar-refractivity contribution is 0.222. The Morgan fingerprint density at radius 2 is 1.67 bits per heavy atom. The van der Waals surface area contributed by atoms with Crippen molar-refractivity contribution in [2.45, 2.75) is 22.8 Å². The summed E-state index contributed by atoms with van der Waals surface area (Å²) in [5, 5.41) is 9.96. The van der Waals surface area contributed by atoms with Gasteiger partial charge >= 0.3 is 0 Å². The van der Waals surface area contributed by atoms with E-state index in [2.05, 4.69) is 0 Å². The Kier molecular flexibility index (Phi) is 5.45. The van der Waals surface area contributed by atoms with Crippen LogP contribution in [-0.2, 0) is 9.84 Å². The molecule has 0 aromatic heterocycles. The first-order valence-corrected chi connectivity index (χ1v) is 9.26. The van der Waals surface area contributed by atoms with Crippen LogP contribution in [0.15, 0.2) is 64.4 Å². The van der Waals surface area contributed by atoms with E-state index in [1.807, 2.05) is 31.2 Å². The van der Waals surface area contributed by atoms with E-state index in [0.29, 0.717) is 5.75 Å². The van der Waals surface area contributed by atoms with Gasteiger partial charge in [0.2, 0.25) is 0 Å². The van der Waals surface area contributed by atoms with Gasteiger partial charge in [0, 0.05) is 10.6 Å². The Morgan fingerprint density at radius 3 is 2.29 bits per heavy atom. The number of sulfone groups is 1. The van der Waals surface area contributed by atoms with Crippen molar-refractivity contribution in [3.05, 3.63) is 60.2 Å². The lowest BCUT2D eigenvalue weighted by Gasteiger charge is -2.11. The largest absolute Gasteiger partial charge is 0.391 e. The molecular formula is C16H18O3S2. The van der Waals surface area contributed by atoms with Crippen molar-refractivity contribution >= 4 is 21.6 Å². The average Bonchev–Trinajstić information content (AvgIpc) is 2.47. The Morgan fingerprint density at radius 1 is 1.05 bits per heavy atom. The van der Waals surface area contributed by atoms with Crippen LogP contribution in [0.5, 0.6) is 0 Å². The van der Waals surface area contributed by atoms with Crippen molar-refractivity contribution in [1.29, 1.82) is 0 Å². The normalized spacial score (nSPS) is 13.0. The van der Waals surface area contributed by atoms with Crippen molar-refractivity contribution in [3.63, 3.8) is 0 Å². The van der Waals surface area contributed by atoms with E-state index in [1.165, 1.54) is 17.3 Å². The number of benzene rings is 2. The minimum atomic E-state index is -3.43. The van der Waals surface area contributed by atoms with E-state index in [1.54, 1.807) is 30.3 Å². The maximum absolute atomic E-state index is 12.1. The molecule has 0 aliphatic heterocycles. The average molecular weight is 322 g/mol. The van der Waals surface area contributed by atoms with Crippen LogP contribution in [-0.4, -0.2) is 31.1 Å². The second-order valence-electron chi connectivity index (χ2n) is 4.87. The fraction of sp³-hybridized carbons (Fsp3) is 0.250. The summed E-state index contributed by atoms with van der Waals surface area (Å²) in [5.74, 6) is 0.102. The molecule has 2 aromatic carbocycles. The summed E-state index contributed by atoms with van der Waals surface area (Å²) >= 11 is 1.46. The third kappa shape index (κ3) is 4.88. The fourth-order valence-corrected chi connectivity index (χ4v) is 4.22. The van der Waals surface area contributed by atoms with E-state index in [4.69, 9.17) is 0 Å². The van der Waals surface area contributed by atoms with Crippen molar-refractivity contribution in [2.75, 3.05) is 11.5 Å². The molecule has 0 heterocycles. The molecule has 21 heavy (non-hydrogen) atoms. The minimum absolute atomic E-state index is 0.254. The number of hydrogen-bond donors (Lipinski definition) is 1. The summed E-state index contributed by atoms with van der Waals surface area (Å²) < 4.78 is 24.3. The molecule has 1 atom stereocenters. The maximum Gasteiger partial charge on any atom is 0.180 e. The van der Waals surface area contributed by atoms with Crippen molar-refractivity contribution in [3.8, 4) is 0 Å². The highest BCUT2D eigenvalue weighted by Crippen LogP contribution is 2.20. The van der Waals surface area contributed by atoms with Gasteiger partial charge in [-0.2, -0.15) is 0 Å². The van der Waals surface area contributed by atoms with Crippen LogP contribution in [0.1, 0.15) is 5.56 Å². The van der Waals surface area contributed by atoms with E-state index in [-0.39, 0.29) is 10.6 Å². The monoisotopic (exact) mass is 322 g/mol. The molecule has 0 saturated heterocycles. The molecule has 0 aliphatic rings. The molecule has 3 nitrogen and oxygen atoms in total. The lowest BCUT2D eigenvalue weighted by Crippen LogP contribution is -2.23. The predicted octanol–water partition coefficient (Wildman–Crippen LogP) is 2.92. The third-order valence-corrected chi connectivity index (χ3v) is 5.95. The molecular weight excluding hydrogens is 304 g/mol. The van der Waals surface area contributed by atoms with Gasteiger partial charge in [0.25, 0.3) is 0 Å². The first kappa shape index (κ1) is 16.1. The Balaban J connectivity index is 1.92. The van der Waals surface area contributed by atoms with Gasteiger partial charge in [-0.05, 0) is 31.2 Å². The number of rotatable bonds is 6. The molecule has 2 rings (SSSR count). The van der Waals surface area contributed by atoms with Gasteiger partial charge in [0.15, 0.2) is 9.84 Å². The number of aliphatic hydroxyl groups excluding tert-OH is 1. The van der Waals surface area contributed by atoms with Gasteiger partial charge in [0.05, 0.1) is 16.8 Å². The molecule has 2 aromatic rings. The Labute approximate surface area is 129 Å². The van der Waals surface area contributed by atoms with Gasteiger partial charge in [-0.15, -0.1) is 11.8 Å². The SMILES string of the molecule is Cc1ccc(SC[C@H](O)CS(=O)(=O)c2ccccc2)cc1. The van der Waals surface area contributed by atoms with Gasteiger partial charge in [-0.1, -0.05) is 35.9 Å². The summed E-state index contributed by atoms with van der Waals surface area (Å²) in [6.45, 7) is 2.01. The van der Waals surface area contributed by atoms with Crippen LogP contribution in [0.25, 0.3) is 0 Å². The molecule has 1 N–H and O–H groups in total. The van der Waals surface area contributed by atoms with Gasteiger partial charge in [-0.3, -0.25) is 0 Å². The standard InChI is InChI=1S/C16H18O3S2/c1-13-7-9-15(10-8-13)20-11-14(17)12-21(18,19)16-5-3-2-4-6-16/h2-10,14,17H,11-12H2,1H3/t14-/m0/s1. The zero-order valence-corrected chi connectivity index (χ0v) is 13.4. The van der Waals surface area contributed by atoms with Gasteiger partial charge in [-0.25, -0.2) is 8.42 Å². The minimum Gasteiger partial charge on any atom is -0.391 e. The smallest absolute Gasteiger partial charge is 0.180 e. The number of aryl methyl sites for hydroxylation is 1. The summed E-state index contributed by atoms with van der Waals surface area (Å²) in [6.07, 6.45) is -0.887. The zero-order chi connectivity index (χ0) is 15.3. The molecule has 0 bridgehead atoms. The lowest BCUT2D eigenvalue weighted by atomic mass is 10.2. The summed E-state index contributed by atoms with van der Waals surface area (Å²) in [6, 6.07) is 16.2. The fourth-order valence-electron chi connectivity index (χ4n) is 1.85. The first-order valence-electron chi connectivity index (χ1n) is 6.63. The van der Waals surface area contributed by atoms with Crippen LogP contribution in [0.2, 0.25) is 0 Å². The molecule has 0 unspecified atom stereocenters. The summed E-state index contributed by atoms with van der Waals surface area (Å²) in [4.78, 5) is 1.28. The molecule has 0 radical (unpaired) electrons. The molecule has 0 fully saturated rings. The molecule has 112 valence electrons. The Bertz CT molecular complexity index is 664. The highest BCUT2D eigenvalue weighted by atomic mass is 32.2. The van der Waals surface area contributed by atoms with Gasteiger partial charge < -0.3 is 5.11 Å². The topological polar surface area (TPSA) is 54.4 Å². The number of aliphatic hydroxyl groups is 1. The summed E-state index contributed by atoms with van der Waals surface area (Å²) in [5.41, 5.74) is 1.17. The first-order chi connectivity index (χ1) is 9.97. The third-order valence-electron chi connectivity index (χ3n) is 2.98. The quantitative estimate of drug-likeness (QED) is 0.831. The van der Waals surface area contributed by atoms with E-state index in [9.17, 15) is 13.5 Å². The van der Waals surface area contributed by atoms with Crippen LogP contribution in [0, 0.1) is 6.92 Å². The van der Waals surface area contributed by atoms with Crippen LogP contribution >= 0.6 is 11.8 Å². The Hall–Kier alpha value is -1.30. The van der Waals surface area contributed by atoms with Crippen LogP contribution in [0.3, 0.4) is 0 Å². The van der Waals surface area contributed by atoms with Crippen LogP contribution < -0.4 is 0 Å². The molecule has 0 aliphatic carbocycles. The van der Waals surface area contributed by atoms with Crippen LogP contribution in [0.4, 0.5) is 0 Å². The maximum atomic E-state index is 12.1.